The number of nitrogens with zero attached hydrogens (tertiary/aromatic N) is 3. The lowest BCUT2D eigenvalue weighted by molar-refractivity contribution is -0.141. The Balaban J connectivity index is 2.32. The van der Waals surface area contributed by atoms with Crippen LogP contribution in [0, 0.1) is 0 Å². The molecule has 1 unspecified atom stereocenters. The summed E-state index contributed by atoms with van der Waals surface area (Å²) in [5.74, 6) is 0.671. The first kappa shape index (κ1) is 18.2. The molecule has 6 nitrogen and oxygen atoms in total. The third-order valence-corrected chi connectivity index (χ3v) is 2.93. The zero-order valence-corrected chi connectivity index (χ0v) is 13.9. The molecule has 3 N–H and O–H groups in total. The Kier molecular flexibility index (Phi) is 5.43. The van der Waals surface area contributed by atoms with E-state index in [2.05, 4.69) is 30.9 Å². The molecule has 0 saturated carbocycles. The Morgan fingerprint density at radius 3 is 2.38 bits per heavy atom. The molecular formula is C15H21F3N6. The first-order valence-electron chi connectivity index (χ1n) is 7.65. The van der Waals surface area contributed by atoms with Gasteiger partial charge < -0.3 is 10.6 Å². The van der Waals surface area contributed by atoms with Crippen LogP contribution in [-0.4, -0.2) is 35.2 Å². The predicted octanol–water partition coefficient (Wildman–Crippen LogP) is 2.09. The maximum atomic E-state index is 12.9. The summed E-state index contributed by atoms with van der Waals surface area (Å²) in [7, 11) is 0. The molecule has 1 aromatic heterocycles. The summed E-state index contributed by atoms with van der Waals surface area (Å²) in [6.45, 7) is 7.74. The number of hydrogen-bond donors (Lipinski definition) is 3. The van der Waals surface area contributed by atoms with Gasteiger partial charge in [-0.1, -0.05) is 6.07 Å². The van der Waals surface area contributed by atoms with Crippen molar-refractivity contribution in [3.63, 3.8) is 0 Å². The van der Waals surface area contributed by atoms with E-state index in [9.17, 15) is 13.2 Å². The van der Waals surface area contributed by atoms with Gasteiger partial charge in [-0.05, 0) is 39.8 Å². The van der Waals surface area contributed by atoms with Gasteiger partial charge in [0.05, 0.1) is 0 Å². The number of pyridine rings is 1. The lowest BCUT2D eigenvalue weighted by Gasteiger charge is -2.25. The molecule has 0 saturated heterocycles. The fourth-order valence-electron chi connectivity index (χ4n) is 2.02. The van der Waals surface area contributed by atoms with Crippen LogP contribution in [-0.2, 0) is 6.18 Å². The van der Waals surface area contributed by atoms with Crippen LogP contribution >= 0.6 is 0 Å². The fraction of sp³-hybridized carbons (Fsp3) is 0.533. The molecule has 0 spiro atoms. The van der Waals surface area contributed by atoms with Gasteiger partial charge in [-0.25, -0.2) is 15.0 Å². The van der Waals surface area contributed by atoms with Crippen LogP contribution in [0.3, 0.4) is 0 Å². The number of aliphatic imine (C=N–C) groups is 2. The molecule has 1 aromatic rings. The van der Waals surface area contributed by atoms with E-state index in [1.54, 1.807) is 0 Å². The van der Waals surface area contributed by atoms with E-state index in [0.717, 1.165) is 6.07 Å². The average Bonchev–Trinajstić information content (AvgIpc) is 2.44. The smallest absolute Gasteiger partial charge is 0.354 e. The maximum absolute atomic E-state index is 12.9. The summed E-state index contributed by atoms with van der Waals surface area (Å²) >= 11 is 0. The molecule has 0 fully saturated rings. The number of halogens is 3. The highest BCUT2D eigenvalue weighted by atomic mass is 19.4. The van der Waals surface area contributed by atoms with Gasteiger partial charge in [-0.15, -0.1) is 0 Å². The summed E-state index contributed by atoms with van der Waals surface area (Å²) < 4.78 is 38.6. The summed E-state index contributed by atoms with van der Waals surface area (Å²) in [4.78, 5) is 12.3. The molecule has 9 heteroatoms. The van der Waals surface area contributed by atoms with Gasteiger partial charge in [0.2, 0.25) is 5.96 Å². The Bertz CT molecular complexity index is 636. The summed E-state index contributed by atoms with van der Waals surface area (Å²) in [6.07, 6.45) is -5.10. The molecule has 1 atom stereocenters. The monoisotopic (exact) mass is 342 g/mol. The third kappa shape index (κ3) is 4.92. The van der Waals surface area contributed by atoms with Gasteiger partial charge in [0.25, 0.3) is 0 Å². The van der Waals surface area contributed by atoms with Gasteiger partial charge in [-0.3, -0.25) is 5.32 Å². The molecule has 0 bridgehead atoms. The minimum absolute atomic E-state index is 0.102. The number of hydrogen-bond acceptors (Lipinski definition) is 6. The van der Waals surface area contributed by atoms with Crippen molar-refractivity contribution in [3.8, 4) is 0 Å². The molecule has 2 heterocycles. The van der Waals surface area contributed by atoms with Crippen LogP contribution in [0.2, 0.25) is 0 Å². The lowest BCUT2D eigenvalue weighted by atomic mass is 10.2. The minimum Gasteiger partial charge on any atom is -0.354 e. The van der Waals surface area contributed by atoms with Gasteiger partial charge in [0, 0.05) is 12.1 Å². The Labute approximate surface area is 138 Å². The second kappa shape index (κ2) is 7.16. The molecule has 132 valence electrons. The molecule has 0 aromatic carbocycles. The van der Waals surface area contributed by atoms with Gasteiger partial charge in [-0.2, -0.15) is 13.2 Å². The zero-order valence-electron chi connectivity index (χ0n) is 13.9. The Morgan fingerprint density at radius 2 is 1.79 bits per heavy atom. The van der Waals surface area contributed by atoms with Crippen molar-refractivity contribution in [2.24, 2.45) is 9.98 Å². The standard InChI is InChI=1S/C15H21F3N6/c1-8(2)19-13-22-12(23-14(24-13)20-9(3)4)10-6-5-7-11(21-10)15(16,17)18/h5-9,13,19H,1-4H3,(H2,20,22,23,24). The van der Waals surface area contributed by atoms with Crippen molar-refractivity contribution in [1.82, 2.24) is 20.9 Å². The van der Waals surface area contributed by atoms with E-state index < -0.39 is 18.2 Å². The highest BCUT2D eigenvalue weighted by Gasteiger charge is 2.33. The van der Waals surface area contributed by atoms with Crippen LogP contribution in [0.25, 0.3) is 0 Å². The Hall–Kier alpha value is -2.16. The highest BCUT2D eigenvalue weighted by molar-refractivity contribution is 6.09. The van der Waals surface area contributed by atoms with Crippen molar-refractivity contribution in [3.05, 3.63) is 29.6 Å². The number of guanidine groups is 1. The zero-order chi connectivity index (χ0) is 17.9. The molecule has 0 radical (unpaired) electrons. The van der Waals surface area contributed by atoms with E-state index in [0.29, 0.717) is 5.96 Å². The van der Waals surface area contributed by atoms with Crippen LogP contribution in [0.1, 0.15) is 39.1 Å². The van der Waals surface area contributed by atoms with E-state index in [1.165, 1.54) is 12.1 Å². The topological polar surface area (TPSA) is 73.7 Å². The normalized spacial score (nSPS) is 18.3. The number of alkyl halides is 3. The minimum atomic E-state index is -4.51. The average molecular weight is 342 g/mol. The van der Waals surface area contributed by atoms with Crippen molar-refractivity contribution in [2.75, 3.05) is 0 Å². The van der Waals surface area contributed by atoms with Crippen LogP contribution < -0.4 is 16.0 Å². The van der Waals surface area contributed by atoms with E-state index in [1.807, 2.05) is 27.7 Å². The largest absolute Gasteiger partial charge is 0.433 e. The molecule has 0 amide bonds. The quantitative estimate of drug-likeness (QED) is 0.783. The van der Waals surface area contributed by atoms with E-state index in [-0.39, 0.29) is 23.6 Å². The van der Waals surface area contributed by atoms with Crippen molar-refractivity contribution in [1.29, 1.82) is 0 Å². The second-order valence-corrected chi connectivity index (χ2v) is 5.98. The Morgan fingerprint density at radius 1 is 1.08 bits per heavy atom. The number of amidine groups is 1. The summed E-state index contributed by atoms with van der Waals surface area (Å²) in [6, 6.07) is 3.92. The molecule has 0 aliphatic carbocycles. The van der Waals surface area contributed by atoms with Gasteiger partial charge in [0.15, 0.2) is 12.1 Å². The fourth-order valence-corrected chi connectivity index (χ4v) is 2.02. The van der Waals surface area contributed by atoms with Gasteiger partial charge >= 0.3 is 6.18 Å². The van der Waals surface area contributed by atoms with Crippen molar-refractivity contribution < 1.29 is 13.2 Å². The molecule has 1 aliphatic heterocycles. The summed E-state index contributed by atoms with van der Waals surface area (Å²) in [5.41, 5.74) is -0.850. The first-order valence-corrected chi connectivity index (χ1v) is 7.65. The third-order valence-electron chi connectivity index (χ3n) is 2.93. The predicted molar refractivity (Wildman–Crippen MR) is 86.7 cm³/mol. The SMILES string of the molecule is CC(C)NC1=NC(NC(C)C)N=C(c2cccc(C(F)(F)F)n2)N1. The molecular weight excluding hydrogens is 321 g/mol. The van der Waals surface area contributed by atoms with Crippen LogP contribution in [0.5, 0.6) is 0 Å². The number of aromatic nitrogens is 1. The molecule has 24 heavy (non-hydrogen) atoms. The summed E-state index contributed by atoms with van der Waals surface area (Å²) in [5, 5.41) is 9.12. The first-order chi connectivity index (χ1) is 11.1. The number of nitrogens with one attached hydrogen (secondary N) is 3. The van der Waals surface area contributed by atoms with Crippen molar-refractivity contribution in [2.45, 2.75) is 52.2 Å². The maximum Gasteiger partial charge on any atom is 0.433 e. The van der Waals surface area contributed by atoms with Crippen molar-refractivity contribution >= 4 is 11.8 Å². The molecule has 2 rings (SSSR count). The van der Waals surface area contributed by atoms with E-state index in [4.69, 9.17) is 0 Å². The van der Waals surface area contributed by atoms with Gasteiger partial charge in [0.1, 0.15) is 11.4 Å². The van der Waals surface area contributed by atoms with Crippen LogP contribution in [0.15, 0.2) is 28.2 Å². The van der Waals surface area contributed by atoms with Crippen LogP contribution in [0.4, 0.5) is 13.2 Å². The van der Waals surface area contributed by atoms with E-state index >= 15 is 0 Å². The number of rotatable bonds is 4. The lowest BCUT2D eigenvalue weighted by Crippen LogP contribution is -2.50. The highest BCUT2D eigenvalue weighted by Crippen LogP contribution is 2.27. The second-order valence-electron chi connectivity index (χ2n) is 5.98. The molecule has 1 aliphatic rings.